The van der Waals surface area contributed by atoms with Crippen LogP contribution in [0, 0.1) is 0 Å². The maximum Gasteiger partial charge on any atom is 0.508 e. The molecular weight excluding hydrogens is 232 g/mol. The minimum Gasteiger partial charge on any atom is -0.438 e. The first-order valence-electron chi connectivity index (χ1n) is 5.22. The molecule has 1 aliphatic heterocycles. The molecule has 0 saturated carbocycles. The van der Waals surface area contributed by atoms with Gasteiger partial charge in [0.05, 0.1) is 26.4 Å². The molecule has 0 bridgehead atoms. The molecule has 7 heteroatoms. The average molecular weight is 248 g/mol. The van der Waals surface area contributed by atoms with Crippen molar-refractivity contribution in [3.8, 4) is 0 Å². The van der Waals surface area contributed by atoms with Gasteiger partial charge in [-0.15, -0.1) is 0 Å². The fourth-order valence-corrected chi connectivity index (χ4v) is 1.47. The monoisotopic (exact) mass is 248 g/mol. The highest BCUT2D eigenvalue weighted by molar-refractivity contribution is 5.59. The van der Waals surface area contributed by atoms with Crippen molar-refractivity contribution >= 4 is 12.3 Å². The van der Waals surface area contributed by atoms with E-state index in [0.717, 1.165) is 12.8 Å². The van der Waals surface area contributed by atoms with Gasteiger partial charge in [0.15, 0.2) is 0 Å². The molecule has 0 aromatic heterocycles. The van der Waals surface area contributed by atoms with Crippen LogP contribution in [-0.4, -0.2) is 52.0 Å². The van der Waals surface area contributed by atoms with E-state index < -0.39 is 12.3 Å². The molecule has 0 unspecified atom stereocenters. The largest absolute Gasteiger partial charge is 0.508 e. The summed E-state index contributed by atoms with van der Waals surface area (Å²) in [6.07, 6.45) is -0.343. The van der Waals surface area contributed by atoms with Crippen LogP contribution in [0.3, 0.4) is 0 Å². The Morgan fingerprint density at radius 3 is 1.76 bits per heavy atom. The molecule has 0 N–H and O–H groups in total. The van der Waals surface area contributed by atoms with E-state index in [1.54, 1.807) is 0 Å². The topological polar surface area (TPSA) is 80.3 Å². The highest BCUT2D eigenvalue weighted by atomic mass is 16.7. The van der Waals surface area contributed by atoms with Gasteiger partial charge in [-0.25, -0.2) is 9.59 Å². The lowest BCUT2D eigenvalue weighted by Gasteiger charge is -2.13. The Morgan fingerprint density at radius 2 is 1.41 bits per heavy atom. The minimum absolute atomic E-state index is 0.140. The first kappa shape index (κ1) is 13.6. The molecule has 17 heavy (non-hydrogen) atoms. The standard InChI is InChI=1S/C10H16O7/c1-13-9(11)15-5-7-3-4-8(17-7)6-16-10(12)14-2/h7-8H,3-6H2,1-2H3/t7-,8+. The van der Waals surface area contributed by atoms with Gasteiger partial charge >= 0.3 is 12.3 Å². The zero-order valence-electron chi connectivity index (χ0n) is 9.84. The zero-order chi connectivity index (χ0) is 12.7. The van der Waals surface area contributed by atoms with E-state index in [2.05, 4.69) is 9.47 Å². The van der Waals surface area contributed by atoms with E-state index in [1.165, 1.54) is 14.2 Å². The van der Waals surface area contributed by atoms with Crippen molar-refractivity contribution in [2.24, 2.45) is 0 Å². The van der Waals surface area contributed by atoms with E-state index in [0.29, 0.717) is 0 Å². The second-order valence-electron chi connectivity index (χ2n) is 3.49. The van der Waals surface area contributed by atoms with Crippen LogP contribution in [0.4, 0.5) is 9.59 Å². The van der Waals surface area contributed by atoms with Crippen molar-refractivity contribution in [1.29, 1.82) is 0 Å². The number of carbonyl (C=O) groups excluding carboxylic acids is 2. The summed E-state index contributed by atoms with van der Waals surface area (Å²) in [7, 11) is 2.48. The van der Waals surface area contributed by atoms with E-state index in [-0.39, 0.29) is 25.4 Å². The number of hydrogen-bond donors (Lipinski definition) is 0. The van der Waals surface area contributed by atoms with Crippen LogP contribution in [0.2, 0.25) is 0 Å². The molecule has 0 radical (unpaired) electrons. The summed E-state index contributed by atoms with van der Waals surface area (Å²) in [5, 5.41) is 0. The van der Waals surface area contributed by atoms with Gasteiger partial charge in [0.2, 0.25) is 0 Å². The summed E-state index contributed by atoms with van der Waals surface area (Å²) in [5.74, 6) is 0. The van der Waals surface area contributed by atoms with Gasteiger partial charge in [-0.3, -0.25) is 0 Å². The van der Waals surface area contributed by atoms with Gasteiger partial charge in [0.25, 0.3) is 0 Å². The van der Waals surface area contributed by atoms with Gasteiger partial charge in [0.1, 0.15) is 13.2 Å². The lowest BCUT2D eigenvalue weighted by Crippen LogP contribution is -2.23. The maximum absolute atomic E-state index is 10.7. The lowest BCUT2D eigenvalue weighted by atomic mass is 10.2. The van der Waals surface area contributed by atoms with Crippen LogP contribution < -0.4 is 0 Å². The predicted octanol–water partition coefficient (Wildman–Crippen LogP) is 1.10. The van der Waals surface area contributed by atoms with Crippen LogP contribution in [0.1, 0.15) is 12.8 Å². The van der Waals surface area contributed by atoms with Gasteiger partial charge in [0, 0.05) is 0 Å². The molecule has 2 atom stereocenters. The Morgan fingerprint density at radius 1 is 1.00 bits per heavy atom. The van der Waals surface area contributed by atoms with Crippen LogP contribution in [0.15, 0.2) is 0 Å². The third kappa shape index (κ3) is 4.90. The molecule has 0 spiro atoms. The zero-order valence-corrected chi connectivity index (χ0v) is 9.84. The molecule has 0 aliphatic carbocycles. The normalized spacial score (nSPS) is 22.9. The number of rotatable bonds is 4. The first-order valence-corrected chi connectivity index (χ1v) is 5.22. The quantitative estimate of drug-likeness (QED) is 0.689. The summed E-state index contributed by atoms with van der Waals surface area (Å²) >= 11 is 0. The molecule has 1 heterocycles. The molecule has 1 rings (SSSR count). The van der Waals surface area contributed by atoms with E-state index in [9.17, 15) is 9.59 Å². The Labute approximate surface area is 98.9 Å². The van der Waals surface area contributed by atoms with Crippen molar-refractivity contribution in [2.45, 2.75) is 25.0 Å². The molecule has 1 fully saturated rings. The van der Waals surface area contributed by atoms with Crippen LogP contribution in [-0.2, 0) is 23.7 Å². The van der Waals surface area contributed by atoms with Crippen molar-refractivity contribution in [1.82, 2.24) is 0 Å². The number of methoxy groups -OCH3 is 2. The van der Waals surface area contributed by atoms with E-state index in [4.69, 9.17) is 14.2 Å². The van der Waals surface area contributed by atoms with Gasteiger partial charge in [-0.1, -0.05) is 0 Å². The molecule has 1 aliphatic rings. The molecule has 1 saturated heterocycles. The Hall–Kier alpha value is -1.50. The van der Waals surface area contributed by atoms with Crippen molar-refractivity contribution in [3.63, 3.8) is 0 Å². The second kappa shape index (κ2) is 6.95. The molecular formula is C10H16O7. The summed E-state index contributed by atoms with van der Waals surface area (Å²) in [6.45, 7) is 0.281. The average Bonchev–Trinajstić information content (AvgIpc) is 2.80. The molecule has 0 aromatic rings. The van der Waals surface area contributed by atoms with Gasteiger partial charge < -0.3 is 23.7 Å². The third-order valence-electron chi connectivity index (χ3n) is 2.30. The Kier molecular flexibility index (Phi) is 5.55. The highest BCUT2D eigenvalue weighted by Crippen LogP contribution is 2.20. The van der Waals surface area contributed by atoms with Crippen molar-refractivity contribution < 1.29 is 33.3 Å². The van der Waals surface area contributed by atoms with Crippen molar-refractivity contribution in [3.05, 3.63) is 0 Å². The van der Waals surface area contributed by atoms with Crippen LogP contribution in [0.5, 0.6) is 0 Å². The number of hydrogen-bond acceptors (Lipinski definition) is 7. The smallest absolute Gasteiger partial charge is 0.438 e. The fourth-order valence-electron chi connectivity index (χ4n) is 1.47. The SMILES string of the molecule is COC(=O)OC[C@H]1CC[C@@H](COC(=O)OC)O1. The predicted molar refractivity (Wildman–Crippen MR) is 54.6 cm³/mol. The van der Waals surface area contributed by atoms with Crippen LogP contribution >= 0.6 is 0 Å². The van der Waals surface area contributed by atoms with Crippen molar-refractivity contribution in [2.75, 3.05) is 27.4 Å². The summed E-state index contributed by atoms with van der Waals surface area (Å²) in [6, 6.07) is 0. The second-order valence-corrected chi connectivity index (χ2v) is 3.49. The number of ether oxygens (including phenoxy) is 5. The highest BCUT2D eigenvalue weighted by Gasteiger charge is 2.27. The molecule has 7 nitrogen and oxygen atoms in total. The Balaban J connectivity index is 2.14. The molecule has 0 aromatic carbocycles. The number of carbonyl (C=O) groups is 2. The molecule has 98 valence electrons. The van der Waals surface area contributed by atoms with E-state index >= 15 is 0 Å². The Bertz CT molecular complexity index is 239. The van der Waals surface area contributed by atoms with E-state index in [1.807, 2.05) is 0 Å². The third-order valence-corrected chi connectivity index (χ3v) is 2.30. The maximum atomic E-state index is 10.7. The fraction of sp³-hybridized carbons (Fsp3) is 0.800. The molecule has 0 amide bonds. The lowest BCUT2D eigenvalue weighted by molar-refractivity contribution is -0.0360. The first-order chi connectivity index (χ1) is 8.15. The van der Waals surface area contributed by atoms with Gasteiger partial charge in [-0.05, 0) is 12.8 Å². The minimum atomic E-state index is -0.733. The summed E-state index contributed by atoms with van der Waals surface area (Å²) in [5.41, 5.74) is 0. The summed E-state index contributed by atoms with van der Waals surface area (Å²) in [4.78, 5) is 21.4. The van der Waals surface area contributed by atoms with Gasteiger partial charge in [-0.2, -0.15) is 0 Å². The van der Waals surface area contributed by atoms with Crippen LogP contribution in [0.25, 0.3) is 0 Å². The summed E-state index contributed by atoms with van der Waals surface area (Å²) < 4.78 is 23.6.